The molecule has 2 rings (SSSR count). The largest absolute Gasteiger partial charge is 0.386 e. The summed E-state index contributed by atoms with van der Waals surface area (Å²) in [6, 6.07) is 8.77. The Hall–Kier alpha value is -1.64. The van der Waals surface area contributed by atoms with E-state index in [0.29, 0.717) is 5.92 Å². The minimum absolute atomic E-state index is 0.505. The highest BCUT2D eigenvalue weighted by molar-refractivity contribution is 5.47. The van der Waals surface area contributed by atoms with Crippen molar-refractivity contribution in [3.05, 3.63) is 41.7 Å². The SMILES string of the molecule is CCc1ccc(N(C)C[C@H]2C=C(N)NC2)cc1. The number of hydrogen-bond acceptors (Lipinski definition) is 3. The molecule has 1 heterocycles. The Bertz CT molecular complexity index is 394. The average Bonchev–Trinajstić information content (AvgIpc) is 2.75. The summed E-state index contributed by atoms with van der Waals surface area (Å²) in [7, 11) is 2.13. The molecule has 0 fully saturated rings. The van der Waals surface area contributed by atoms with Crippen LogP contribution in [-0.2, 0) is 6.42 Å². The van der Waals surface area contributed by atoms with Crippen LogP contribution in [0.3, 0.4) is 0 Å². The van der Waals surface area contributed by atoms with E-state index in [0.717, 1.165) is 25.3 Å². The topological polar surface area (TPSA) is 41.3 Å². The lowest BCUT2D eigenvalue weighted by atomic mass is 10.1. The minimum Gasteiger partial charge on any atom is -0.386 e. The van der Waals surface area contributed by atoms with Crippen molar-refractivity contribution in [1.82, 2.24) is 5.32 Å². The molecular formula is C14H21N3. The number of nitrogens with one attached hydrogen (secondary N) is 1. The molecule has 92 valence electrons. The van der Waals surface area contributed by atoms with Gasteiger partial charge in [0.2, 0.25) is 0 Å². The molecule has 17 heavy (non-hydrogen) atoms. The molecule has 3 nitrogen and oxygen atoms in total. The Morgan fingerprint density at radius 3 is 2.59 bits per heavy atom. The van der Waals surface area contributed by atoms with Gasteiger partial charge in [0.15, 0.2) is 0 Å². The molecule has 3 heteroatoms. The van der Waals surface area contributed by atoms with Crippen molar-refractivity contribution >= 4 is 5.69 Å². The molecule has 3 N–H and O–H groups in total. The summed E-state index contributed by atoms with van der Waals surface area (Å²) in [6.45, 7) is 4.12. The van der Waals surface area contributed by atoms with Gasteiger partial charge in [0.05, 0.1) is 5.82 Å². The summed E-state index contributed by atoms with van der Waals surface area (Å²) in [5, 5.41) is 3.16. The number of rotatable bonds is 4. The molecule has 0 saturated carbocycles. The fourth-order valence-corrected chi connectivity index (χ4v) is 2.18. The third kappa shape index (κ3) is 2.93. The fraction of sp³-hybridized carbons (Fsp3) is 0.429. The lowest BCUT2D eigenvalue weighted by Crippen LogP contribution is -2.27. The van der Waals surface area contributed by atoms with Crippen molar-refractivity contribution in [2.24, 2.45) is 11.7 Å². The van der Waals surface area contributed by atoms with E-state index < -0.39 is 0 Å². The molecule has 0 amide bonds. The lowest BCUT2D eigenvalue weighted by molar-refractivity contribution is 0.640. The van der Waals surface area contributed by atoms with E-state index in [9.17, 15) is 0 Å². The third-order valence-corrected chi connectivity index (χ3v) is 3.28. The highest BCUT2D eigenvalue weighted by Gasteiger charge is 2.15. The highest BCUT2D eigenvalue weighted by Crippen LogP contribution is 2.17. The Morgan fingerprint density at radius 2 is 2.06 bits per heavy atom. The first-order valence-electron chi connectivity index (χ1n) is 6.20. The quantitative estimate of drug-likeness (QED) is 0.829. The molecule has 1 aromatic carbocycles. The standard InChI is InChI=1S/C14H21N3/c1-3-11-4-6-13(7-5-11)17(2)10-12-8-14(15)16-9-12/h4-8,12,16H,3,9-10,15H2,1-2H3/t12-/m0/s1. The summed E-state index contributed by atoms with van der Waals surface area (Å²) in [5.74, 6) is 1.32. The molecule has 0 bridgehead atoms. The van der Waals surface area contributed by atoms with Crippen LogP contribution in [0.4, 0.5) is 5.69 Å². The van der Waals surface area contributed by atoms with Crippen LogP contribution in [0, 0.1) is 5.92 Å². The van der Waals surface area contributed by atoms with Crippen molar-refractivity contribution < 1.29 is 0 Å². The normalized spacial score (nSPS) is 18.7. The maximum Gasteiger partial charge on any atom is 0.0923 e. The van der Waals surface area contributed by atoms with Crippen LogP contribution in [0.15, 0.2) is 36.2 Å². The minimum atomic E-state index is 0.505. The molecule has 1 aliphatic heterocycles. The van der Waals surface area contributed by atoms with Gasteiger partial charge in [-0.1, -0.05) is 19.1 Å². The zero-order valence-electron chi connectivity index (χ0n) is 10.6. The first-order chi connectivity index (χ1) is 8.19. The Morgan fingerprint density at radius 1 is 1.35 bits per heavy atom. The van der Waals surface area contributed by atoms with Crippen molar-refractivity contribution in [3.8, 4) is 0 Å². The van der Waals surface area contributed by atoms with Gasteiger partial charge in [-0.3, -0.25) is 0 Å². The number of aryl methyl sites for hydroxylation is 1. The number of nitrogens with two attached hydrogens (primary N) is 1. The maximum atomic E-state index is 5.71. The highest BCUT2D eigenvalue weighted by atomic mass is 15.1. The summed E-state index contributed by atoms with van der Waals surface area (Å²) < 4.78 is 0. The van der Waals surface area contributed by atoms with Gasteiger partial charge in [-0.25, -0.2) is 0 Å². The fourth-order valence-electron chi connectivity index (χ4n) is 2.18. The van der Waals surface area contributed by atoms with Crippen molar-refractivity contribution in [1.29, 1.82) is 0 Å². The predicted octanol–water partition coefficient (Wildman–Crippen LogP) is 1.70. The molecule has 1 aromatic rings. The molecule has 1 aliphatic rings. The van der Waals surface area contributed by atoms with Gasteiger partial charge in [0.25, 0.3) is 0 Å². The Labute approximate surface area is 103 Å². The van der Waals surface area contributed by atoms with Crippen LogP contribution in [0.2, 0.25) is 0 Å². The van der Waals surface area contributed by atoms with Crippen LogP contribution < -0.4 is 16.0 Å². The van der Waals surface area contributed by atoms with E-state index in [1.54, 1.807) is 0 Å². The second kappa shape index (κ2) is 5.13. The monoisotopic (exact) mass is 231 g/mol. The second-order valence-corrected chi connectivity index (χ2v) is 4.66. The second-order valence-electron chi connectivity index (χ2n) is 4.66. The molecule has 0 aromatic heterocycles. The molecule has 0 radical (unpaired) electrons. The molecule has 1 atom stereocenters. The third-order valence-electron chi connectivity index (χ3n) is 3.28. The number of benzene rings is 1. The van der Waals surface area contributed by atoms with Gasteiger partial charge >= 0.3 is 0 Å². The van der Waals surface area contributed by atoms with E-state index in [2.05, 4.69) is 54.5 Å². The zero-order chi connectivity index (χ0) is 12.3. The van der Waals surface area contributed by atoms with Crippen LogP contribution in [0.25, 0.3) is 0 Å². The first-order valence-corrected chi connectivity index (χ1v) is 6.20. The van der Waals surface area contributed by atoms with Gasteiger partial charge in [-0.05, 0) is 30.2 Å². The lowest BCUT2D eigenvalue weighted by Gasteiger charge is -2.22. The van der Waals surface area contributed by atoms with Gasteiger partial charge in [-0.15, -0.1) is 0 Å². The predicted molar refractivity (Wildman–Crippen MR) is 72.9 cm³/mol. The van der Waals surface area contributed by atoms with E-state index in [1.165, 1.54) is 11.3 Å². The van der Waals surface area contributed by atoms with Crippen molar-refractivity contribution in [2.45, 2.75) is 13.3 Å². The summed E-state index contributed by atoms with van der Waals surface area (Å²) >= 11 is 0. The summed E-state index contributed by atoms with van der Waals surface area (Å²) in [6.07, 6.45) is 3.20. The van der Waals surface area contributed by atoms with Gasteiger partial charge in [0, 0.05) is 31.7 Å². The number of nitrogens with zero attached hydrogens (tertiary/aromatic N) is 1. The molecule has 0 saturated heterocycles. The Balaban J connectivity index is 1.97. The Kier molecular flexibility index (Phi) is 3.57. The molecule has 0 spiro atoms. The van der Waals surface area contributed by atoms with Gasteiger partial charge in [0.1, 0.15) is 0 Å². The van der Waals surface area contributed by atoms with Crippen LogP contribution in [-0.4, -0.2) is 20.1 Å². The van der Waals surface area contributed by atoms with Gasteiger partial charge < -0.3 is 16.0 Å². The van der Waals surface area contributed by atoms with Gasteiger partial charge in [-0.2, -0.15) is 0 Å². The van der Waals surface area contributed by atoms with Crippen LogP contribution >= 0.6 is 0 Å². The number of anilines is 1. The number of hydrogen-bond donors (Lipinski definition) is 2. The molecule has 0 aliphatic carbocycles. The van der Waals surface area contributed by atoms with Crippen molar-refractivity contribution in [3.63, 3.8) is 0 Å². The zero-order valence-corrected chi connectivity index (χ0v) is 10.6. The smallest absolute Gasteiger partial charge is 0.0923 e. The maximum absolute atomic E-state index is 5.71. The van der Waals surface area contributed by atoms with Crippen LogP contribution in [0.5, 0.6) is 0 Å². The first kappa shape index (κ1) is 11.8. The van der Waals surface area contributed by atoms with Crippen molar-refractivity contribution in [2.75, 3.05) is 25.0 Å². The molecule has 0 unspecified atom stereocenters. The van der Waals surface area contributed by atoms with E-state index in [1.807, 2.05) is 0 Å². The van der Waals surface area contributed by atoms with E-state index in [4.69, 9.17) is 5.73 Å². The van der Waals surface area contributed by atoms with E-state index in [-0.39, 0.29) is 0 Å². The summed E-state index contributed by atoms with van der Waals surface area (Å²) in [4.78, 5) is 2.28. The van der Waals surface area contributed by atoms with Crippen LogP contribution in [0.1, 0.15) is 12.5 Å². The average molecular weight is 231 g/mol. The summed E-state index contributed by atoms with van der Waals surface area (Å²) in [5.41, 5.74) is 8.36. The molecular weight excluding hydrogens is 210 g/mol. The van der Waals surface area contributed by atoms with E-state index >= 15 is 0 Å².